The molecule has 17 heteroatoms. The predicted octanol–water partition coefficient (Wildman–Crippen LogP) is 5.77. The van der Waals surface area contributed by atoms with Gasteiger partial charge in [0, 0.05) is 66.5 Å². The highest BCUT2D eigenvalue weighted by Crippen LogP contribution is 2.42. The molecule has 0 spiro atoms. The molecule has 2 aliphatic heterocycles. The summed E-state index contributed by atoms with van der Waals surface area (Å²) in [5.74, 6) is 0.205. The van der Waals surface area contributed by atoms with Gasteiger partial charge < -0.3 is 57.1 Å². The van der Waals surface area contributed by atoms with Crippen LogP contribution in [0.3, 0.4) is 0 Å². The number of amides is 4. The van der Waals surface area contributed by atoms with Crippen LogP contribution in [0.25, 0.3) is 0 Å². The van der Waals surface area contributed by atoms with Crippen LogP contribution in [-0.2, 0) is 20.4 Å². The number of nitrogen functional groups attached to an aromatic ring is 2. The number of carbonyl (C=O) groups excluding carboxylic acids is 4. The number of likely N-dealkylation sites (N-methyl/N-ethyl adjacent to an activating group) is 2. The molecule has 432 valence electrons. The Morgan fingerprint density at radius 1 is 0.531 bits per heavy atom. The standard InChI is InChI=1S/2C32H40N4O4.H2O/c2*1-22(20-32(31(39)35(2)3,23-12-7-5-8-13-23)24-14-9-6-10-15-24)36-19-18-26(27(37)21-36)34-30(38)25-16-11-17-28(40-4)29(25)33;/h2*5-17,22,26-27,37H,18-21,33H2,1-4H3,(H,34,38);1H2/t2*22?,26-,27-;/m00./s1. The number of methoxy groups -OCH3 is 2. The van der Waals surface area contributed by atoms with E-state index in [1.54, 1.807) is 74.4 Å². The third-order valence-corrected chi connectivity index (χ3v) is 16.0. The summed E-state index contributed by atoms with van der Waals surface area (Å²) in [7, 11) is 10.2. The van der Waals surface area contributed by atoms with E-state index < -0.39 is 35.1 Å². The molecule has 0 aliphatic carbocycles. The molecule has 4 amide bonds. The number of aliphatic hydroxyl groups excluding tert-OH is 2. The van der Waals surface area contributed by atoms with Crippen molar-refractivity contribution in [3.05, 3.63) is 191 Å². The molecule has 0 radical (unpaired) electrons. The molecule has 10 N–H and O–H groups in total. The molecule has 6 aromatic carbocycles. The van der Waals surface area contributed by atoms with Crippen LogP contribution in [0.15, 0.2) is 158 Å². The van der Waals surface area contributed by atoms with E-state index in [1.807, 2.05) is 121 Å². The summed E-state index contributed by atoms with van der Waals surface area (Å²) in [5.41, 5.74) is 15.3. The topological polar surface area (TPSA) is 248 Å². The second-order valence-corrected chi connectivity index (χ2v) is 21.5. The molecule has 2 saturated heterocycles. The fraction of sp³-hybridized carbons (Fsp3) is 0.375. The maximum absolute atomic E-state index is 14.0. The fourth-order valence-electron chi connectivity index (χ4n) is 11.7. The van der Waals surface area contributed by atoms with Crippen LogP contribution in [0.1, 0.15) is 82.5 Å². The first-order chi connectivity index (χ1) is 38.4. The number of piperidine rings is 2. The number of rotatable bonds is 18. The summed E-state index contributed by atoms with van der Waals surface area (Å²) in [6, 6.07) is 48.9. The number of ether oxygens (including phenoxy) is 2. The number of para-hydroxylation sites is 2. The van der Waals surface area contributed by atoms with Gasteiger partial charge in [0.2, 0.25) is 11.8 Å². The Kier molecular flexibility index (Phi) is 21.6. The van der Waals surface area contributed by atoms with Gasteiger partial charge in [-0.05, 0) is 86.1 Å². The van der Waals surface area contributed by atoms with Gasteiger partial charge >= 0.3 is 0 Å². The quantitative estimate of drug-likeness (QED) is 0.0562. The molecule has 2 aliphatic rings. The number of aliphatic hydroxyl groups is 2. The van der Waals surface area contributed by atoms with Crippen molar-refractivity contribution >= 4 is 35.0 Å². The molecule has 0 aromatic heterocycles. The number of likely N-dealkylation sites (tertiary alicyclic amines) is 2. The average Bonchev–Trinajstić information content (AvgIpc) is 3.55. The number of anilines is 2. The number of hydrogen-bond donors (Lipinski definition) is 6. The zero-order chi connectivity index (χ0) is 57.7. The Morgan fingerprint density at radius 3 is 1.09 bits per heavy atom. The van der Waals surface area contributed by atoms with Gasteiger partial charge in [0.25, 0.3) is 11.8 Å². The Labute approximate surface area is 477 Å². The Bertz CT molecular complexity index is 2720. The van der Waals surface area contributed by atoms with Crippen molar-refractivity contribution in [1.82, 2.24) is 30.2 Å². The first-order valence-electron chi connectivity index (χ1n) is 27.3. The summed E-state index contributed by atoms with van der Waals surface area (Å²) in [4.78, 5) is 61.8. The van der Waals surface area contributed by atoms with Crippen molar-refractivity contribution in [3.8, 4) is 11.5 Å². The Morgan fingerprint density at radius 2 is 0.827 bits per heavy atom. The zero-order valence-corrected chi connectivity index (χ0v) is 47.9. The number of hydrogen-bond acceptors (Lipinski definition) is 12. The van der Waals surface area contributed by atoms with Crippen LogP contribution in [-0.4, -0.2) is 164 Å². The second-order valence-electron chi connectivity index (χ2n) is 21.5. The second kappa shape index (κ2) is 28.1. The highest BCUT2D eigenvalue weighted by Gasteiger charge is 2.47. The van der Waals surface area contributed by atoms with Gasteiger partial charge in [-0.2, -0.15) is 0 Å². The van der Waals surface area contributed by atoms with Crippen LogP contribution < -0.4 is 31.6 Å². The molecule has 6 aromatic rings. The molecular formula is C64H82N8O9. The fourth-order valence-corrected chi connectivity index (χ4v) is 11.7. The van der Waals surface area contributed by atoms with Crippen LogP contribution >= 0.6 is 0 Å². The van der Waals surface area contributed by atoms with Crippen molar-refractivity contribution in [2.45, 2.75) is 86.7 Å². The molecule has 2 heterocycles. The van der Waals surface area contributed by atoms with E-state index in [0.29, 0.717) is 74.5 Å². The highest BCUT2D eigenvalue weighted by molar-refractivity contribution is 6.01. The van der Waals surface area contributed by atoms with Gasteiger partial charge in [-0.3, -0.25) is 29.0 Å². The van der Waals surface area contributed by atoms with Gasteiger partial charge in [-0.25, -0.2) is 0 Å². The maximum Gasteiger partial charge on any atom is 0.253 e. The zero-order valence-electron chi connectivity index (χ0n) is 47.9. The highest BCUT2D eigenvalue weighted by atomic mass is 16.5. The van der Waals surface area contributed by atoms with Crippen molar-refractivity contribution in [2.24, 2.45) is 0 Å². The number of benzene rings is 6. The maximum atomic E-state index is 14.0. The number of nitrogens with zero attached hydrogens (tertiary/aromatic N) is 4. The van der Waals surface area contributed by atoms with Crippen LogP contribution in [0.5, 0.6) is 11.5 Å². The lowest BCUT2D eigenvalue weighted by Gasteiger charge is -2.44. The molecule has 2 unspecified atom stereocenters. The molecule has 8 rings (SSSR count). The van der Waals surface area contributed by atoms with E-state index in [-0.39, 0.29) is 52.6 Å². The van der Waals surface area contributed by atoms with Gasteiger partial charge in [-0.15, -0.1) is 0 Å². The van der Waals surface area contributed by atoms with Crippen molar-refractivity contribution in [2.75, 3.05) is 80.1 Å². The monoisotopic (exact) mass is 1110 g/mol. The van der Waals surface area contributed by atoms with Crippen molar-refractivity contribution in [3.63, 3.8) is 0 Å². The molecule has 6 atom stereocenters. The van der Waals surface area contributed by atoms with Crippen molar-refractivity contribution in [1.29, 1.82) is 0 Å². The normalized spacial score (nSPS) is 18.3. The number of β-amino-alcohol motifs (C(OH)–C–C–N with tert-alkyl or cyclic N) is 2. The van der Waals surface area contributed by atoms with Gasteiger partial charge in [0.15, 0.2) is 0 Å². The molecule has 0 saturated carbocycles. The molecule has 17 nitrogen and oxygen atoms in total. The SMILES string of the molecule is COc1cccc(C(=O)N[C@H]2CCN(C(C)CC(C(=O)N(C)C)(c3ccccc3)c3ccccc3)C[C@@H]2O)c1N.COc1cccc(C(=O)N[C@H]2CCN(C(C)CC(C(=O)N(C)C)(c3ccccc3)c3ccccc3)C[C@@H]2O)c1N.O. The third kappa shape index (κ3) is 13.9. The minimum Gasteiger partial charge on any atom is -0.495 e. The lowest BCUT2D eigenvalue weighted by Crippen LogP contribution is -2.57. The van der Waals surface area contributed by atoms with Crippen molar-refractivity contribution < 1.29 is 44.3 Å². The van der Waals surface area contributed by atoms with E-state index >= 15 is 0 Å². The van der Waals surface area contributed by atoms with E-state index in [2.05, 4.69) is 34.3 Å². The van der Waals surface area contributed by atoms with Gasteiger partial charge in [0.1, 0.15) is 22.3 Å². The molecule has 0 bridgehead atoms. The summed E-state index contributed by atoms with van der Waals surface area (Å²) in [6.07, 6.45) is 0.627. The minimum absolute atomic E-state index is 0. The average molecular weight is 1110 g/mol. The number of nitrogens with one attached hydrogen (secondary N) is 2. The minimum atomic E-state index is -0.897. The molecule has 81 heavy (non-hydrogen) atoms. The van der Waals surface area contributed by atoms with Gasteiger partial charge in [0.05, 0.1) is 61.0 Å². The Balaban J connectivity index is 0.000000258. The largest absolute Gasteiger partial charge is 0.495 e. The third-order valence-electron chi connectivity index (χ3n) is 16.0. The Hall–Kier alpha value is -7.80. The van der Waals surface area contributed by atoms with E-state index in [4.69, 9.17) is 20.9 Å². The lowest BCUT2D eigenvalue weighted by atomic mass is 9.69. The first kappa shape index (κ1) is 62.4. The summed E-state index contributed by atoms with van der Waals surface area (Å²) >= 11 is 0. The van der Waals surface area contributed by atoms with Crippen LogP contribution in [0.4, 0.5) is 11.4 Å². The summed E-state index contributed by atoms with van der Waals surface area (Å²) < 4.78 is 10.5. The summed E-state index contributed by atoms with van der Waals surface area (Å²) in [6.45, 7) is 6.27. The van der Waals surface area contributed by atoms with E-state index in [0.717, 1.165) is 22.3 Å². The van der Waals surface area contributed by atoms with E-state index in [1.165, 1.54) is 14.2 Å². The van der Waals surface area contributed by atoms with Gasteiger partial charge in [-0.1, -0.05) is 133 Å². The smallest absolute Gasteiger partial charge is 0.253 e. The predicted molar refractivity (Wildman–Crippen MR) is 318 cm³/mol. The number of carbonyl (C=O) groups is 4. The van der Waals surface area contributed by atoms with Crippen LogP contribution in [0, 0.1) is 0 Å². The van der Waals surface area contributed by atoms with E-state index in [9.17, 15) is 29.4 Å². The number of nitrogens with two attached hydrogens (primary N) is 2. The van der Waals surface area contributed by atoms with Crippen LogP contribution in [0.2, 0.25) is 0 Å². The molecular weight excluding hydrogens is 1020 g/mol. The molecule has 2 fully saturated rings. The summed E-state index contributed by atoms with van der Waals surface area (Å²) in [5, 5.41) is 28.1. The lowest BCUT2D eigenvalue weighted by molar-refractivity contribution is -0.135. The first-order valence-corrected chi connectivity index (χ1v) is 27.3.